The Labute approximate surface area is 115 Å². The van der Waals surface area contributed by atoms with Gasteiger partial charge in [0.1, 0.15) is 0 Å². The summed E-state index contributed by atoms with van der Waals surface area (Å²) in [6.07, 6.45) is 2.28. The van der Waals surface area contributed by atoms with E-state index in [0.717, 1.165) is 25.0 Å². The lowest BCUT2D eigenvalue weighted by Crippen LogP contribution is -2.17. The van der Waals surface area contributed by atoms with E-state index in [9.17, 15) is 0 Å². The summed E-state index contributed by atoms with van der Waals surface area (Å²) in [5.74, 6) is 0.618. The Bertz CT molecular complexity index is 579. The number of hydrogen-bond donors (Lipinski definition) is 1. The molecule has 0 bridgehead atoms. The standard InChI is InChI=1S/C12H14ClN5O/c13-11-4-3-8(14)6-10(11)12-15-16-17-18(12)7-9-2-1-5-19-9/h3-4,6,9H,1-2,5,7,14H2. The molecule has 0 spiro atoms. The highest BCUT2D eigenvalue weighted by Crippen LogP contribution is 2.28. The highest BCUT2D eigenvalue weighted by atomic mass is 35.5. The molecule has 1 unspecified atom stereocenters. The molecular formula is C12H14ClN5O. The summed E-state index contributed by atoms with van der Waals surface area (Å²) >= 11 is 6.18. The van der Waals surface area contributed by atoms with Gasteiger partial charge < -0.3 is 10.5 Å². The fourth-order valence-corrected chi connectivity index (χ4v) is 2.42. The van der Waals surface area contributed by atoms with Gasteiger partial charge in [0.15, 0.2) is 5.82 Å². The molecule has 2 heterocycles. The van der Waals surface area contributed by atoms with Crippen molar-refractivity contribution in [2.24, 2.45) is 0 Å². The SMILES string of the molecule is Nc1ccc(Cl)c(-c2nnnn2CC2CCCO2)c1. The van der Waals surface area contributed by atoms with Gasteiger partial charge in [0.2, 0.25) is 0 Å². The summed E-state index contributed by atoms with van der Waals surface area (Å²) in [5.41, 5.74) is 7.16. The van der Waals surface area contributed by atoms with E-state index in [0.29, 0.717) is 23.1 Å². The average Bonchev–Trinajstić information content (AvgIpc) is 3.04. The van der Waals surface area contributed by atoms with E-state index in [4.69, 9.17) is 22.1 Å². The number of hydrogen-bond acceptors (Lipinski definition) is 5. The Kier molecular flexibility index (Phi) is 3.35. The fourth-order valence-electron chi connectivity index (χ4n) is 2.22. The van der Waals surface area contributed by atoms with Crippen LogP contribution in [0.5, 0.6) is 0 Å². The molecule has 6 nitrogen and oxygen atoms in total. The third-order valence-electron chi connectivity index (χ3n) is 3.16. The Morgan fingerprint density at radius 1 is 1.47 bits per heavy atom. The summed E-state index contributed by atoms with van der Waals surface area (Å²) in [6, 6.07) is 5.28. The molecule has 1 aromatic carbocycles. The number of rotatable bonds is 3. The lowest BCUT2D eigenvalue weighted by molar-refractivity contribution is 0.0939. The summed E-state index contributed by atoms with van der Waals surface area (Å²) in [7, 11) is 0. The normalized spacial score (nSPS) is 18.9. The van der Waals surface area contributed by atoms with Gasteiger partial charge in [0, 0.05) is 17.9 Å². The summed E-state index contributed by atoms with van der Waals surface area (Å²) < 4.78 is 7.32. The Morgan fingerprint density at radius 3 is 3.16 bits per heavy atom. The molecule has 7 heteroatoms. The first kappa shape index (κ1) is 12.4. The van der Waals surface area contributed by atoms with Crippen molar-refractivity contribution in [2.75, 3.05) is 12.3 Å². The molecule has 19 heavy (non-hydrogen) atoms. The highest BCUT2D eigenvalue weighted by molar-refractivity contribution is 6.33. The van der Waals surface area contributed by atoms with Gasteiger partial charge in [-0.05, 0) is 41.5 Å². The number of tetrazole rings is 1. The van der Waals surface area contributed by atoms with Gasteiger partial charge in [0.25, 0.3) is 0 Å². The molecule has 1 fully saturated rings. The minimum atomic E-state index is 0.169. The van der Waals surface area contributed by atoms with E-state index in [-0.39, 0.29) is 6.10 Å². The first-order valence-electron chi connectivity index (χ1n) is 6.17. The van der Waals surface area contributed by atoms with Crippen LogP contribution < -0.4 is 5.73 Å². The van der Waals surface area contributed by atoms with Gasteiger partial charge in [-0.3, -0.25) is 0 Å². The van der Waals surface area contributed by atoms with Crippen molar-refractivity contribution < 1.29 is 4.74 Å². The molecule has 0 saturated carbocycles. The summed E-state index contributed by atoms with van der Waals surface area (Å²) in [4.78, 5) is 0. The zero-order chi connectivity index (χ0) is 13.2. The first-order valence-corrected chi connectivity index (χ1v) is 6.55. The largest absolute Gasteiger partial charge is 0.399 e. The second kappa shape index (κ2) is 5.14. The van der Waals surface area contributed by atoms with Crippen LogP contribution in [0.1, 0.15) is 12.8 Å². The van der Waals surface area contributed by atoms with Crippen LogP contribution in [-0.2, 0) is 11.3 Å². The van der Waals surface area contributed by atoms with E-state index in [2.05, 4.69) is 15.5 Å². The predicted octanol–water partition coefficient (Wildman–Crippen LogP) is 1.75. The van der Waals surface area contributed by atoms with Crippen molar-refractivity contribution in [3.8, 4) is 11.4 Å². The minimum absolute atomic E-state index is 0.169. The van der Waals surface area contributed by atoms with Crippen LogP contribution in [0.25, 0.3) is 11.4 Å². The van der Waals surface area contributed by atoms with Gasteiger partial charge in [-0.2, -0.15) is 0 Å². The molecule has 3 rings (SSSR count). The lowest BCUT2D eigenvalue weighted by Gasteiger charge is -2.11. The molecule has 100 valence electrons. The van der Waals surface area contributed by atoms with Crippen LogP contribution in [0.3, 0.4) is 0 Å². The molecular weight excluding hydrogens is 266 g/mol. The number of nitrogen functional groups attached to an aromatic ring is 1. The van der Waals surface area contributed by atoms with Crippen molar-refractivity contribution >= 4 is 17.3 Å². The second-order valence-corrected chi connectivity index (χ2v) is 4.97. The third-order valence-corrected chi connectivity index (χ3v) is 3.49. The van der Waals surface area contributed by atoms with E-state index >= 15 is 0 Å². The number of halogens is 1. The Morgan fingerprint density at radius 2 is 2.37 bits per heavy atom. The van der Waals surface area contributed by atoms with Gasteiger partial charge in [-0.1, -0.05) is 11.6 Å². The smallest absolute Gasteiger partial charge is 0.183 e. The number of aromatic nitrogens is 4. The Hall–Kier alpha value is -1.66. The summed E-state index contributed by atoms with van der Waals surface area (Å²) in [6.45, 7) is 1.44. The average molecular weight is 280 g/mol. The van der Waals surface area contributed by atoms with E-state index in [1.165, 1.54) is 0 Å². The quantitative estimate of drug-likeness (QED) is 0.866. The number of nitrogens with two attached hydrogens (primary N) is 1. The molecule has 2 aromatic rings. The Balaban J connectivity index is 1.92. The molecule has 2 N–H and O–H groups in total. The summed E-state index contributed by atoms with van der Waals surface area (Å²) in [5, 5.41) is 12.3. The molecule has 0 aliphatic carbocycles. The van der Waals surface area contributed by atoms with Crippen LogP contribution in [0.2, 0.25) is 5.02 Å². The monoisotopic (exact) mass is 279 g/mol. The molecule has 1 aliphatic rings. The number of nitrogens with zero attached hydrogens (tertiary/aromatic N) is 4. The van der Waals surface area contributed by atoms with Crippen LogP contribution in [0.4, 0.5) is 5.69 Å². The van der Waals surface area contributed by atoms with E-state index < -0.39 is 0 Å². The zero-order valence-corrected chi connectivity index (χ0v) is 11.0. The minimum Gasteiger partial charge on any atom is -0.399 e. The van der Waals surface area contributed by atoms with E-state index in [1.54, 1.807) is 22.9 Å². The maximum Gasteiger partial charge on any atom is 0.183 e. The van der Waals surface area contributed by atoms with Crippen molar-refractivity contribution in [2.45, 2.75) is 25.5 Å². The van der Waals surface area contributed by atoms with Gasteiger partial charge in [-0.25, -0.2) is 4.68 Å². The van der Waals surface area contributed by atoms with Gasteiger partial charge in [0.05, 0.1) is 17.7 Å². The third kappa shape index (κ3) is 2.54. The van der Waals surface area contributed by atoms with Crippen LogP contribution >= 0.6 is 11.6 Å². The molecule has 1 saturated heterocycles. The number of ether oxygens (including phenoxy) is 1. The first-order chi connectivity index (χ1) is 9.24. The highest BCUT2D eigenvalue weighted by Gasteiger charge is 2.20. The van der Waals surface area contributed by atoms with Crippen molar-refractivity contribution in [3.63, 3.8) is 0 Å². The fraction of sp³-hybridized carbons (Fsp3) is 0.417. The molecule has 0 radical (unpaired) electrons. The van der Waals surface area contributed by atoms with Crippen LogP contribution in [0.15, 0.2) is 18.2 Å². The van der Waals surface area contributed by atoms with Crippen molar-refractivity contribution in [3.05, 3.63) is 23.2 Å². The van der Waals surface area contributed by atoms with Crippen LogP contribution in [-0.4, -0.2) is 32.9 Å². The van der Waals surface area contributed by atoms with E-state index in [1.807, 2.05) is 0 Å². The molecule has 1 atom stereocenters. The lowest BCUT2D eigenvalue weighted by atomic mass is 10.2. The van der Waals surface area contributed by atoms with Crippen molar-refractivity contribution in [1.29, 1.82) is 0 Å². The van der Waals surface area contributed by atoms with Crippen molar-refractivity contribution in [1.82, 2.24) is 20.2 Å². The maximum absolute atomic E-state index is 6.18. The number of benzene rings is 1. The zero-order valence-electron chi connectivity index (χ0n) is 10.3. The molecule has 1 aromatic heterocycles. The molecule has 1 aliphatic heterocycles. The van der Waals surface area contributed by atoms with Crippen LogP contribution in [0, 0.1) is 0 Å². The second-order valence-electron chi connectivity index (χ2n) is 4.56. The molecule has 0 amide bonds. The van der Waals surface area contributed by atoms with Gasteiger partial charge in [-0.15, -0.1) is 5.10 Å². The van der Waals surface area contributed by atoms with Gasteiger partial charge >= 0.3 is 0 Å². The topological polar surface area (TPSA) is 78.9 Å². The predicted molar refractivity (Wildman–Crippen MR) is 71.6 cm³/mol. The maximum atomic E-state index is 6.18. The number of anilines is 1.